The zero-order valence-corrected chi connectivity index (χ0v) is 15.1. The van der Waals surface area contributed by atoms with Crippen LogP contribution in [0.4, 0.5) is 11.4 Å². The third-order valence-electron chi connectivity index (χ3n) is 3.45. The van der Waals surface area contributed by atoms with Crippen molar-refractivity contribution in [1.82, 2.24) is 4.98 Å². The van der Waals surface area contributed by atoms with Gasteiger partial charge >= 0.3 is 0 Å². The molecule has 1 amide bonds. The van der Waals surface area contributed by atoms with Crippen LogP contribution in [0.2, 0.25) is 0 Å². The number of amides is 1. The van der Waals surface area contributed by atoms with Gasteiger partial charge in [0.05, 0.1) is 17.6 Å². The highest BCUT2D eigenvalue weighted by Gasteiger charge is 2.11. The summed E-state index contributed by atoms with van der Waals surface area (Å²) in [4.78, 5) is 18.9. The number of carbonyl (C=O) groups is 1. The van der Waals surface area contributed by atoms with Gasteiger partial charge in [-0.3, -0.25) is 4.79 Å². The molecule has 122 valence electrons. The standard InChI is InChI=1S/C18H22BrN3O/c1-3-11-22(12-4-2)14-9-10-17(20-13-14)18(23)21-16-8-6-5-7-15(16)19/h5-10,13H,3-4,11-12H2,1-2H3,(H,21,23). The van der Waals surface area contributed by atoms with Gasteiger partial charge in [0.15, 0.2) is 0 Å². The van der Waals surface area contributed by atoms with E-state index in [1.165, 1.54) is 0 Å². The molecule has 2 rings (SSSR count). The van der Waals surface area contributed by atoms with E-state index in [2.05, 4.69) is 45.0 Å². The summed E-state index contributed by atoms with van der Waals surface area (Å²) in [5.41, 5.74) is 2.21. The van der Waals surface area contributed by atoms with Crippen LogP contribution in [0, 0.1) is 0 Å². The first-order chi connectivity index (χ1) is 11.2. The molecule has 0 atom stereocenters. The molecule has 1 aromatic carbocycles. The fourth-order valence-corrected chi connectivity index (χ4v) is 2.75. The number of pyridine rings is 1. The van der Waals surface area contributed by atoms with Crippen molar-refractivity contribution >= 4 is 33.2 Å². The van der Waals surface area contributed by atoms with Crippen LogP contribution in [0.5, 0.6) is 0 Å². The minimum absolute atomic E-state index is 0.207. The molecule has 4 nitrogen and oxygen atoms in total. The number of anilines is 2. The van der Waals surface area contributed by atoms with Crippen molar-refractivity contribution in [3.8, 4) is 0 Å². The molecule has 0 spiro atoms. The summed E-state index contributed by atoms with van der Waals surface area (Å²) < 4.78 is 0.849. The Morgan fingerprint density at radius 1 is 1.13 bits per heavy atom. The number of nitrogens with zero attached hydrogens (tertiary/aromatic N) is 2. The second-order valence-corrected chi connectivity index (χ2v) is 6.18. The van der Waals surface area contributed by atoms with Gasteiger partial charge in [0, 0.05) is 17.6 Å². The van der Waals surface area contributed by atoms with Crippen molar-refractivity contribution in [2.24, 2.45) is 0 Å². The average molecular weight is 376 g/mol. The topological polar surface area (TPSA) is 45.2 Å². The van der Waals surface area contributed by atoms with Crippen molar-refractivity contribution in [1.29, 1.82) is 0 Å². The minimum Gasteiger partial charge on any atom is -0.370 e. The van der Waals surface area contributed by atoms with E-state index in [0.29, 0.717) is 5.69 Å². The predicted octanol–water partition coefficient (Wildman–Crippen LogP) is 4.72. The molecule has 1 aromatic heterocycles. The Labute approximate surface area is 146 Å². The molecule has 5 heteroatoms. The number of para-hydroxylation sites is 1. The smallest absolute Gasteiger partial charge is 0.274 e. The van der Waals surface area contributed by atoms with Gasteiger partial charge < -0.3 is 10.2 Å². The first-order valence-corrected chi connectivity index (χ1v) is 8.71. The van der Waals surface area contributed by atoms with Gasteiger partial charge in [-0.2, -0.15) is 0 Å². The summed E-state index contributed by atoms with van der Waals surface area (Å²) in [5, 5.41) is 2.86. The van der Waals surface area contributed by atoms with E-state index in [-0.39, 0.29) is 5.91 Å². The van der Waals surface area contributed by atoms with Crippen LogP contribution in [-0.2, 0) is 0 Å². The third kappa shape index (κ3) is 4.79. The van der Waals surface area contributed by atoms with E-state index < -0.39 is 0 Å². The maximum absolute atomic E-state index is 12.3. The molecule has 23 heavy (non-hydrogen) atoms. The average Bonchev–Trinajstić information content (AvgIpc) is 2.57. The van der Waals surface area contributed by atoms with Gasteiger partial charge in [-0.25, -0.2) is 4.98 Å². The lowest BCUT2D eigenvalue weighted by Crippen LogP contribution is -2.25. The molecule has 1 heterocycles. The number of benzene rings is 1. The molecule has 2 aromatic rings. The van der Waals surface area contributed by atoms with Gasteiger partial charge in [-0.1, -0.05) is 26.0 Å². The van der Waals surface area contributed by atoms with Crippen LogP contribution in [0.3, 0.4) is 0 Å². The van der Waals surface area contributed by atoms with Crippen LogP contribution in [0.25, 0.3) is 0 Å². The number of aromatic nitrogens is 1. The van der Waals surface area contributed by atoms with Crippen molar-refractivity contribution in [3.05, 3.63) is 52.8 Å². The van der Waals surface area contributed by atoms with Crippen molar-refractivity contribution in [3.63, 3.8) is 0 Å². The Kier molecular flexibility index (Phi) is 6.59. The fourth-order valence-electron chi connectivity index (χ4n) is 2.37. The fraction of sp³-hybridized carbons (Fsp3) is 0.333. The summed E-state index contributed by atoms with van der Waals surface area (Å²) in [6.07, 6.45) is 3.95. The van der Waals surface area contributed by atoms with Crippen LogP contribution < -0.4 is 10.2 Å². The molecule has 0 unspecified atom stereocenters. The Morgan fingerprint density at radius 2 is 1.83 bits per heavy atom. The Morgan fingerprint density at radius 3 is 2.39 bits per heavy atom. The van der Waals surface area contributed by atoms with E-state index in [1.807, 2.05) is 30.3 Å². The number of carbonyl (C=O) groups excluding carboxylic acids is 1. The van der Waals surface area contributed by atoms with Crippen LogP contribution in [0.15, 0.2) is 47.1 Å². The lowest BCUT2D eigenvalue weighted by Gasteiger charge is -2.23. The number of rotatable bonds is 7. The first-order valence-electron chi connectivity index (χ1n) is 7.92. The van der Waals surface area contributed by atoms with Crippen molar-refractivity contribution < 1.29 is 4.79 Å². The van der Waals surface area contributed by atoms with Gasteiger partial charge in [0.25, 0.3) is 5.91 Å². The molecule has 0 saturated carbocycles. The SMILES string of the molecule is CCCN(CCC)c1ccc(C(=O)Nc2ccccc2Br)nc1. The van der Waals surface area contributed by atoms with Gasteiger partial charge in [0.2, 0.25) is 0 Å². The summed E-state index contributed by atoms with van der Waals surface area (Å²) in [5.74, 6) is -0.207. The van der Waals surface area contributed by atoms with E-state index in [4.69, 9.17) is 0 Å². The minimum atomic E-state index is -0.207. The summed E-state index contributed by atoms with van der Waals surface area (Å²) >= 11 is 3.42. The molecule has 0 bridgehead atoms. The Bertz CT molecular complexity index is 637. The highest BCUT2D eigenvalue weighted by Crippen LogP contribution is 2.22. The van der Waals surface area contributed by atoms with E-state index in [9.17, 15) is 4.79 Å². The highest BCUT2D eigenvalue weighted by molar-refractivity contribution is 9.10. The molecule has 0 fully saturated rings. The normalized spacial score (nSPS) is 10.4. The zero-order chi connectivity index (χ0) is 16.7. The summed E-state index contributed by atoms with van der Waals surface area (Å²) in [6.45, 7) is 6.32. The molecule has 0 radical (unpaired) electrons. The number of hydrogen-bond donors (Lipinski definition) is 1. The van der Waals surface area contributed by atoms with E-state index >= 15 is 0 Å². The zero-order valence-electron chi connectivity index (χ0n) is 13.6. The molecular weight excluding hydrogens is 354 g/mol. The predicted molar refractivity (Wildman–Crippen MR) is 99.1 cm³/mol. The lowest BCUT2D eigenvalue weighted by molar-refractivity contribution is 0.102. The third-order valence-corrected chi connectivity index (χ3v) is 4.15. The quantitative estimate of drug-likeness (QED) is 0.760. The molecule has 0 saturated heterocycles. The Balaban J connectivity index is 2.09. The monoisotopic (exact) mass is 375 g/mol. The number of nitrogens with one attached hydrogen (secondary N) is 1. The molecule has 0 aliphatic rings. The van der Waals surface area contributed by atoms with E-state index in [1.54, 1.807) is 12.3 Å². The van der Waals surface area contributed by atoms with Gasteiger partial charge in [0.1, 0.15) is 5.69 Å². The van der Waals surface area contributed by atoms with Crippen LogP contribution >= 0.6 is 15.9 Å². The second-order valence-electron chi connectivity index (χ2n) is 5.32. The largest absolute Gasteiger partial charge is 0.370 e. The number of halogens is 1. The lowest BCUT2D eigenvalue weighted by atomic mass is 10.2. The van der Waals surface area contributed by atoms with Gasteiger partial charge in [-0.15, -0.1) is 0 Å². The highest BCUT2D eigenvalue weighted by atomic mass is 79.9. The van der Waals surface area contributed by atoms with E-state index in [0.717, 1.165) is 41.8 Å². The first kappa shape index (κ1) is 17.5. The number of hydrogen-bond acceptors (Lipinski definition) is 3. The maximum Gasteiger partial charge on any atom is 0.274 e. The molecular formula is C18H22BrN3O. The Hall–Kier alpha value is -1.88. The second kappa shape index (κ2) is 8.67. The molecule has 0 aliphatic heterocycles. The molecule has 0 aliphatic carbocycles. The van der Waals surface area contributed by atoms with Crippen molar-refractivity contribution in [2.45, 2.75) is 26.7 Å². The van der Waals surface area contributed by atoms with Gasteiger partial charge in [-0.05, 0) is 53.0 Å². The summed E-state index contributed by atoms with van der Waals surface area (Å²) in [6, 6.07) is 11.3. The van der Waals surface area contributed by atoms with Crippen LogP contribution in [0.1, 0.15) is 37.2 Å². The van der Waals surface area contributed by atoms with Crippen molar-refractivity contribution in [2.75, 3.05) is 23.3 Å². The maximum atomic E-state index is 12.3. The summed E-state index contributed by atoms with van der Waals surface area (Å²) in [7, 11) is 0. The molecule has 1 N–H and O–H groups in total. The van der Waals surface area contributed by atoms with Crippen LogP contribution in [-0.4, -0.2) is 24.0 Å².